The SMILES string of the molecule is Cc1ccc2nc3ccccc3c(CN3CCc4nc(S(C)(=O)=O)ncc4C3)c2c1. The van der Waals surface area contributed by atoms with E-state index < -0.39 is 9.84 Å². The second kappa shape index (κ2) is 7.11. The fourth-order valence-electron chi connectivity index (χ4n) is 4.15. The third-order valence-corrected chi connectivity index (χ3v) is 6.51. The number of sulfone groups is 1. The summed E-state index contributed by atoms with van der Waals surface area (Å²) < 4.78 is 23.5. The molecule has 7 heteroatoms. The maximum atomic E-state index is 11.8. The van der Waals surface area contributed by atoms with Gasteiger partial charge in [0.15, 0.2) is 0 Å². The smallest absolute Gasteiger partial charge is 0.246 e. The Morgan fingerprint density at radius 3 is 2.67 bits per heavy atom. The lowest BCUT2D eigenvalue weighted by Gasteiger charge is -2.29. The van der Waals surface area contributed by atoms with Crippen molar-refractivity contribution in [3.63, 3.8) is 0 Å². The molecule has 30 heavy (non-hydrogen) atoms. The fraction of sp³-hybridized carbons (Fsp3) is 0.261. The molecule has 152 valence electrons. The molecule has 0 saturated carbocycles. The zero-order valence-electron chi connectivity index (χ0n) is 17.0. The average molecular weight is 419 g/mol. The summed E-state index contributed by atoms with van der Waals surface area (Å²) in [5.41, 5.74) is 6.33. The van der Waals surface area contributed by atoms with Gasteiger partial charge in [-0.3, -0.25) is 4.90 Å². The Balaban J connectivity index is 1.54. The zero-order chi connectivity index (χ0) is 20.9. The van der Waals surface area contributed by atoms with Crippen molar-refractivity contribution in [2.75, 3.05) is 12.8 Å². The van der Waals surface area contributed by atoms with Crippen molar-refractivity contribution in [1.29, 1.82) is 0 Å². The van der Waals surface area contributed by atoms with Crippen molar-refractivity contribution in [3.05, 3.63) is 71.0 Å². The van der Waals surface area contributed by atoms with E-state index in [1.807, 2.05) is 6.07 Å². The number of benzene rings is 2. The van der Waals surface area contributed by atoms with Crippen molar-refractivity contribution < 1.29 is 8.42 Å². The van der Waals surface area contributed by atoms with Crippen LogP contribution < -0.4 is 0 Å². The molecule has 0 fully saturated rings. The fourth-order valence-corrected chi connectivity index (χ4v) is 4.67. The zero-order valence-corrected chi connectivity index (χ0v) is 17.8. The highest BCUT2D eigenvalue weighted by atomic mass is 32.2. The molecular weight excluding hydrogens is 396 g/mol. The van der Waals surface area contributed by atoms with Crippen LogP contribution in [0, 0.1) is 6.92 Å². The predicted octanol–water partition coefficient (Wildman–Crippen LogP) is 3.45. The molecule has 0 unspecified atom stereocenters. The number of rotatable bonds is 3. The Bertz CT molecular complexity index is 1400. The minimum atomic E-state index is -3.39. The van der Waals surface area contributed by atoms with Crippen molar-refractivity contribution in [1.82, 2.24) is 19.9 Å². The first kappa shape index (κ1) is 19.1. The number of aromatic nitrogens is 3. The summed E-state index contributed by atoms with van der Waals surface area (Å²) in [7, 11) is -3.39. The maximum Gasteiger partial charge on any atom is 0.246 e. The molecule has 0 bridgehead atoms. The summed E-state index contributed by atoms with van der Waals surface area (Å²) in [5.74, 6) is 0. The van der Waals surface area contributed by atoms with Gasteiger partial charge >= 0.3 is 0 Å². The Morgan fingerprint density at radius 2 is 1.83 bits per heavy atom. The van der Waals surface area contributed by atoms with Gasteiger partial charge in [0.1, 0.15) is 0 Å². The van der Waals surface area contributed by atoms with Gasteiger partial charge in [0.25, 0.3) is 0 Å². The van der Waals surface area contributed by atoms with Crippen LogP contribution in [0.4, 0.5) is 0 Å². The van der Waals surface area contributed by atoms with Gasteiger partial charge in [0, 0.05) is 54.8 Å². The van der Waals surface area contributed by atoms with Gasteiger partial charge in [0.2, 0.25) is 15.0 Å². The molecule has 0 N–H and O–H groups in total. The Labute approximate surface area is 175 Å². The van der Waals surface area contributed by atoms with Crippen molar-refractivity contribution >= 4 is 31.6 Å². The standard InChI is InChI=1S/C23H22N4O2S/c1-15-7-8-22-18(11-15)19(17-5-3-4-6-21(17)25-22)14-27-10-9-20-16(13-27)12-24-23(26-20)30(2,28)29/h3-8,11-12H,9-10,13-14H2,1-2H3. The van der Waals surface area contributed by atoms with Crippen LogP contribution in [-0.2, 0) is 29.3 Å². The molecule has 0 amide bonds. The highest BCUT2D eigenvalue weighted by molar-refractivity contribution is 7.90. The van der Waals surface area contributed by atoms with E-state index in [-0.39, 0.29) is 5.16 Å². The lowest BCUT2D eigenvalue weighted by Crippen LogP contribution is -2.31. The van der Waals surface area contributed by atoms with E-state index >= 15 is 0 Å². The van der Waals surface area contributed by atoms with Crippen LogP contribution in [0.1, 0.15) is 22.4 Å². The molecule has 3 heterocycles. The van der Waals surface area contributed by atoms with Crippen LogP contribution in [0.3, 0.4) is 0 Å². The highest BCUT2D eigenvalue weighted by Crippen LogP contribution is 2.29. The molecule has 0 radical (unpaired) electrons. The first-order valence-electron chi connectivity index (χ1n) is 9.94. The van der Waals surface area contributed by atoms with E-state index in [0.29, 0.717) is 13.0 Å². The third kappa shape index (κ3) is 3.44. The first-order chi connectivity index (χ1) is 14.4. The summed E-state index contributed by atoms with van der Waals surface area (Å²) in [6.45, 7) is 4.41. The number of para-hydroxylation sites is 1. The predicted molar refractivity (Wildman–Crippen MR) is 117 cm³/mol. The first-order valence-corrected chi connectivity index (χ1v) is 11.8. The van der Waals surface area contributed by atoms with Crippen molar-refractivity contribution in [2.45, 2.75) is 31.6 Å². The van der Waals surface area contributed by atoms with Crippen molar-refractivity contribution in [3.8, 4) is 0 Å². The molecule has 0 atom stereocenters. The van der Waals surface area contributed by atoms with Crippen LogP contribution in [0.2, 0.25) is 0 Å². The summed E-state index contributed by atoms with van der Waals surface area (Å²) in [6.07, 6.45) is 3.52. The Morgan fingerprint density at radius 1 is 1.03 bits per heavy atom. The van der Waals surface area contributed by atoms with Crippen LogP contribution in [-0.4, -0.2) is 41.1 Å². The van der Waals surface area contributed by atoms with Gasteiger partial charge in [-0.2, -0.15) is 0 Å². The van der Waals surface area contributed by atoms with Crippen LogP contribution in [0.5, 0.6) is 0 Å². The third-order valence-electron chi connectivity index (χ3n) is 5.65. The van der Waals surface area contributed by atoms with Gasteiger partial charge in [0.05, 0.1) is 16.7 Å². The summed E-state index contributed by atoms with van der Waals surface area (Å²) in [6, 6.07) is 14.7. The topological polar surface area (TPSA) is 76.1 Å². The molecule has 2 aromatic heterocycles. The largest absolute Gasteiger partial charge is 0.294 e. The van der Waals surface area contributed by atoms with Gasteiger partial charge in [-0.15, -0.1) is 0 Å². The minimum absolute atomic E-state index is 0.0868. The molecule has 0 saturated heterocycles. The van der Waals surface area contributed by atoms with Crippen LogP contribution in [0.25, 0.3) is 21.8 Å². The quantitative estimate of drug-likeness (QED) is 0.375. The molecular formula is C23H22N4O2S. The summed E-state index contributed by atoms with van der Waals surface area (Å²) >= 11 is 0. The molecule has 1 aliphatic heterocycles. The molecule has 2 aromatic carbocycles. The molecule has 0 aliphatic carbocycles. The number of aryl methyl sites for hydroxylation is 1. The van der Waals surface area contributed by atoms with Gasteiger partial charge in [-0.1, -0.05) is 29.8 Å². The second-order valence-electron chi connectivity index (χ2n) is 7.99. The van der Waals surface area contributed by atoms with Crippen LogP contribution >= 0.6 is 0 Å². The molecule has 4 aromatic rings. The van der Waals surface area contributed by atoms with E-state index in [9.17, 15) is 8.42 Å². The molecule has 0 spiro atoms. The van der Waals surface area contributed by atoms with E-state index in [1.165, 1.54) is 21.9 Å². The number of hydrogen-bond acceptors (Lipinski definition) is 6. The monoisotopic (exact) mass is 418 g/mol. The summed E-state index contributed by atoms with van der Waals surface area (Å²) in [5, 5.41) is 2.27. The number of nitrogens with zero attached hydrogens (tertiary/aromatic N) is 4. The Hall–Kier alpha value is -2.90. The molecule has 5 rings (SSSR count). The van der Waals surface area contributed by atoms with Crippen LogP contribution in [0.15, 0.2) is 53.8 Å². The highest BCUT2D eigenvalue weighted by Gasteiger charge is 2.22. The maximum absolute atomic E-state index is 11.8. The lowest BCUT2D eigenvalue weighted by atomic mass is 9.99. The van der Waals surface area contributed by atoms with E-state index in [0.717, 1.165) is 41.6 Å². The normalized spacial score (nSPS) is 14.9. The van der Waals surface area contributed by atoms with E-state index in [4.69, 9.17) is 4.98 Å². The van der Waals surface area contributed by atoms with E-state index in [1.54, 1.807) is 6.20 Å². The summed E-state index contributed by atoms with van der Waals surface area (Å²) in [4.78, 5) is 15.6. The Kier molecular flexibility index (Phi) is 4.52. The minimum Gasteiger partial charge on any atom is -0.294 e. The number of hydrogen-bond donors (Lipinski definition) is 0. The average Bonchev–Trinajstić information content (AvgIpc) is 2.73. The van der Waals surface area contributed by atoms with Gasteiger partial charge in [-0.05, 0) is 30.7 Å². The molecule has 1 aliphatic rings. The number of pyridine rings is 1. The van der Waals surface area contributed by atoms with Gasteiger partial charge < -0.3 is 0 Å². The van der Waals surface area contributed by atoms with Gasteiger partial charge in [-0.25, -0.2) is 23.4 Å². The van der Waals surface area contributed by atoms with Crippen molar-refractivity contribution in [2.24, 2.45) is 0 Å². The van der Waals surface area contributed by atoms with E-state index in [2.05, 4.69) is 58.2 Å². The number of fused-ring (bicyclic) bond motifs is 3. The second-order valence-corrected chi connectivity index (χ2v) is 9.89. The lowest BCUT2D eigenvalue weighted by molar-refractivity contribution is 0.243. The molecule has 6 nitrogen and oxygen atoms in total.